The number of para-hydroxylation sites is 1. The Balaban J connectivity index is 1.58. The van der Waals surface area contributed by atoms with E-state index >= 15 is 0 Å². The Morgan fingerprint density at radius 2 is 1.65 bits per heavy atom. The molecule has 1 saturated heterocycles. The van der Waals surface area contributed by atoms with E-state index in [1.807, 2.05) is 55.6 Å². The molecule has 2 heterocycles. The van der Waals surface area contributed by atoms with Crippen LogP contribution >= 0.6 is 0 Å². The van der Waals surface area contributed by atoms with Gasteiger partial charge in [0.15, 0.2) is 0 Å². The van der Waals surface area contributed by atoms with Gasteiger partial charge in [0.1, 0.15) is 5.57 Å². The molecule has 5 rings (SSSR count). The number of anilines is 1. The third-order valence-corrected chi connectivity index (χ3v) is 6.08. The fourth-order valence-electron chi connectivity index (χ4n) is 4.31. The van der Waals surface area contributed by atoms with Crippen LogP contribution in [0.3, 0.4) is 0 Å². The molecule has 0 spiro atoms. The molecule has 0 bridgehead atoms. The number of urea groups is 1. The molecule has 1 fully saturated rings. The van der Waals surface area contributed by atoms with E-state index in [1.54, 1.807) is 24.3 Å². The number of fused-ring (bicyclic) bond motifs is 1. The number of amides is 4. The van der Waals surface area contributed by atoms with E-state index in [-0.39, 0.29) is 5.57 Å². The van der Waals surface area contributed by atoms with Crippen LogP contribution in [-0.4, -0.2) is 22.4 Å². The van der Waals surface area contributed by atoms with E-state index in [9.17, 15) is 14.4 Å². The van der Waals surface area contributed by atoms with Gasteiger partial charge in [-0.3, -0.25) is 14.9 Å². The van der Waals surface area contributed by atoms with Crippen LogP contribution in [0.1, 0.15) is 22.3 Å². The van der Waals surface area contributed by atoms with Crippen molar-refractivity contribution in [2.24, 2.45) is 0 Å². The molecule has 0 aliphatic carbocycles. The molecule has 4 amide bonds. The first-order chi connectivity index (χ1) is 16.4. The second-order valence-electron chi connectivity index (χ2n) is 8.45. The zero-order valence-electron chi connectivity index (χ0n) is 18.9. The van der Waals surface area contributed by atoms with Gasteiger partial charge in [-0.2, -0.15) is 0 Å². The number of aryl methyl sites for hydroxylation is 2. The average molecular weight is 450 g/mol. The lowest BCUT2D eigenvalue weighted by molar-refractivity contribution is -0.122. The smallest absolute Gasteiger partial charge is 0.335 e. The Morgan fingerprint density at radius 1 is 0.882 bits per heavy atom. The van der Waals surface area contributed by atoms with Crippen LogP contribution < -0.4 is 10.2 Å². The fraction of sp³-hybridized carbons (Fsp3) is 0.107. The standard InChI is InChI=1S/C28H23N3O3/c1-18-8-7-11-22(14-18)31-27(33)24(26(32)29-28(31)34)15-21-17-30(25-13-6-5-12-23(21)25)16-20-10-4-3-9-19(20)2/h3-15,17H,16H2,1-2H3,(H,29,32,34)/b24-15-. The molecule has 0 saturated carbocycles. The first-order valence-corrected chi connectivity index (χ1v) is 11.0. The van der Waals surface area contributed by atoms with E-state index < -0.39 is 17.8 Å². The molecule has 1 aliphatic heterocycles. The number of nitrogens with one attached hydrogen (secondary N) is 1. The van der Waals surface area contributed by atoms with Crippen LogP contribution in [0.2, 0.25) is 0 Å². The molecule has 0 atom stereocenters. The van der Waals surface area contributed by atoms with E-state index in [2.05, 4.69) is 28.9 Å². The van der Waals surface area contributed by atoms with Crippen LogP contribution in [0, 0.1) is 13.8 Å². The lowest BCUT2D eigenvalue weighted by atomic mass is 10.1. The number of carbonyl (C=O) groups excluding carboxylic acids is 3. The summed E-state index contributed by atoms with van der Waals surface area (Å²) in [6.45, 7) is 4.61. The summed E-state index contributed by atoms with van der Waals surface area (Å²) in [5.41, 5.74) is 5.34. The molecule has 6 heteroatoms. The number of rotatable bonds is 4. The van der Waals surface area contributed by atoms with Crippen molar-refractivity contribution in [2.75, 3.05) is 4.90 Å². The maximum atomic E-state index is 13.3. The zero-order valence-corrected chi connectivity index (χ0v) is 18.9. The van der Waals surface area contributed by atoms with Crippen LogP contribution in [0.5, 0.6) is 0 Å². The summed E-state index contributed by atoms with van der Waals surface area (Å²) in [6.07, 6.45) is 3.52. The Labute approximate surface area is 197 Å². The molecule has 168 valence electrons. The first kappa shape index (κ1) is 21.4. The summed E-state index contributed by atoms with van der Waals surface area (Å²) < 4.78 is 2.11. The average Bonchev–Trinajstić information content (AvgIpc) is 3.15. The molecule has 6 nitrogen and oxygen atoms in total. The summed E-state index contributed by atoms with van der Waals surface area (Å²) in [5, 5.41) is 3.22. The van der Waals surface area contributed by atoms with Gasteiger partial charge in [-0.05, 0) is 54.8 Å². The third kappa shape index (κ3) is 3.79. The number of hydrogen-bond acceptors (Lipinski definition) is 3. The van der Waals surface area contributed by atoms with Gasteiger partial charge >= 0.3 is 6.03 Å². The number of aromatic nitrogens is 1. The van der Waals surface area contributed by atoms with E-state index in [0.717, 1.165) is 26.9 Å². The van der Waals surface area contributed by atoms with Gasteiger partial charge in [0.05, 0.1) is 5.69 Å². The molecule has 0 radical (unpaired) electrons. The number of barbiturate groups is 1. The molecule has 1 N–H and O–H groups in total. The van der Waals surface area contributed by atoms with Crippen molar-refractivity contribution in [1.82, 2.24) is 9.88 Å². The normalized spacial score (nSPS) is 15.3. The second kappa shape index (κ2) is 8.48. The monoisotopic (exact) mass is 449 g/mol. The Hall–Kier alpha value is -4.45. The Kier molecular flexibility index (Phi) is 5.34. The van der Waals surface area contributed by atoms with Crippen molar-refractivity contribution in [3.63, 3.8) is 0 Å². The van der Waals surface area contributed by atoms with Gasteiger partial charge in [-0.15, -0.1) is 0 Å². The van der Waals surface area contributed by atoms with Crippen LogP contribution in [-0.2, 0) is 16.1 Å². The highest BCUT2D eigenvalue weighted by molar-refractivity contribution is 6.39. The van der Waals surface area contributed by atoms with Crippen molar-refractivity contribution in [3.05, 3.63) is 107 Å². The molecular weight excluding hydrogens is 426 g/mol. The molecule has 1 aromatic heterocycles. The van der Waals surface area contributed by atoms with E-state index in [4.69, 9.17) is 0 Å². The predicted octanol–water partition coefficient (Wildman–Crippen LogP) is 4.97. The lowest BCUT2D eigenvalue weighted by Gasteiger charge is -2.26. The van der Waals surface area contributed by atoms with Crippen molar-refractivity contribution < 1.29 is 14.4 Å². The summed E-state index contributed by atoms with van der Waals surface area (Å²) in [4.78, 5) is 39.5. The zero-order chi connectivity index (χ0) is 23.8. The summed E-state index contributed by atoms with van der Waals surface area (Å²) >= 11 is 0. The summed E-state index contributed by atoms with van der Waals surface area (Å²) in [7, 11) is 0. The number of nitrogens with zero attached hydrogens (tertiary/aromatic N) is 2. The van der Waals surface area contributed by atoms with Crippen molar-refractivity contribution in [3.8, 4) is 0 Å². The van der Waals surface area contributed by atoms with Gasteiger partial charge in [0, 0.05) is 29.2 Å². The molecular formula is C28H23N3O3. The highest BCUT2D eigenvalue weighted by atomic mass is 16.2. The number of benzene rings is 3. The first-order valence-electron chi connectivity index (χ1n) is 11.0. The topological polar surface area (TPSA) is 71.4 Å². The second-order valence-corrected chi connectivity index (χ2v) is 8.45. The highest BCUT2D eigenvalue weighted by Crippen LogP contribution is 2.27. The number of carbonyl (C=O) groups is 3. The molecule has 34 heavy (non-hydrogen) atoms. The Bertz CT molecular complexity index is 1500. The van der Waals surface area contributed by atoms with E-state index in [0.29, 0.717) is 12.2 Å². The fourth-order valence-corrected chi connectivity index (χ4v) is 4.31. The summed E-state index contributed by atoms with van der Waals surface area (Å²) in [6, 6.07) is 22.4. The minimum Gasteiger partial charge on any atom is -0.342 e. The molecule has 3 aromatic carbocycles. The summed E-state index contributed by atoms with van der Waals surface area (Å²) in [5.74, 6) is -1.34. The van der Waals surface area contributed by atoms with Crippen molar-refractivity contribution in [1.29, 1.82) is 0 Å². The Morgan fingerprint density at radius 3 is 2.44 bits per heavy atom. The van der Waals surface area contributed by atoms with E-state index in [1.165, 1.54) is 11.1 Å². The molecule has 0 unspecified atom stereocenters. The minimum absolute atomic E-state index is 0.0834. The van der Waals surface area contributed by atoms with Crippen molar-refractivity contribution >= 4 is 40.5 Å². The largest absolute Gasteiger partial charge is 0.342 e. The van der Waals surface area contributed by atoms with Gasteiger partial charge < -0.3 is 4.57 Å². The van der Waals surface area contributed by atoms with Gasteiger partial charge in [-0.25, -0.2) is 9.69 Å². The van der Waals surface area contributed by atoms with Crippen LogP contribution in [0.25, 0.3) is 17.0 Å². The van der Waals surface area contributed by atoms with Gasteiger partial charge in [-0.1, -0.05) is 54.6 Å². The maximum absolute atomic E-state index is 13.3. The maximum Gasteiger partial charge on any atom is 0.335 e. The molecule has 4 aromatic rings. The van der Waals surface area contributed by atoms with Gasteiger partial charge in [0.25, 0.3) is 11.8 Å². The van der Waals surface area contributed by atoms with Crippen LogP contribution in [0.15, 0.2) is 84.6 Å². The van der Waals surface area contributed by atoms with Gasteiger partial charge in [0.2, 0.25) is 0 Å². The quantitative estimate of drug-likeness (QED) is 0.353. The van der Waals surface area contributed by atoms with Crippen molar-refractivity contribution in [2.45, 2.75) is 20.4 Å². The number of imide groups is 2. The van der Waals surface area contributed by atoms with Crippen LogP contribution in [0.4, 0.5) is 10.5 Å². The lowest BCUT2D eigenvalue weighted by Crippen LogP contribution is -2.54. The minimum atomic E-state index is -0.750. The highest BCUT2D eigenvalue weighted by Gasteiger charge is 2.37. The third-order valence-electron chi connectivity index (χ3n) is 6.08. The number of hydrogen-bond donors (Lipinski definition) is 1. The molecule has 1 aliphatic rings. The predicted molar refractivity (Wildman–Crippen MR) is 132 cm³/mol. The SMILES string of the molecule is Cc1cccc(N2C(=O)NC(=O)/C(=C/c3cn(Cc4ccccc4C)c4ccccc34)C2=O)c1.